The van der Waals surface area contributed by atoms with E-state index in [4.69, 9.17) is 16.3 Å². The fourth-order valence-electron chi connectivity index (χ4n) is 3.03. The van der Waals surface area contributed by atoms with E-state index in [1.807, 2.05) is 0 Å². The van der Waals surface area contributed by atoms with Crippen LogP contribution < -0.4 is 10.2 Å². The van der Waals surface area contributed by atoms with Crippen molar-refractivity contribution in [3.8, 4) is 5.69 Å². The molecule has 3 aromatic rings. The number of rotatable bonds is 8. The van der Waals surface area contributed by atoms with Gasteiger partial charge in [-0.05, 0) is 42.5 Å². The summed E-state index contributed by atoms with van der Waals surface area (Å²) >= 11 is 14.5. The topological polar surface area (TPSA) is 110 Å². The molecule has 12 heteroatoms. The van der Waals surface area contributed by atoms with Crippen LogP contribution in [0.5, 0.6) is 0 Å². The molecule has 0 aliphatic heterocycles. The fourth-order valence-corrected chi connectivity index (χ4v) is 3.74. The predicted octanol–water partition coefficient (Wildman–Crippen LogP) is 2.48. The molecule has 0 saturated heterocycles. The van der Waals surface area contributed by atoms with Crippen LogP contribution in [-0.2, 0) is 14.3 Å². The summed E-state index contributed by atoms with van der Waals surface area (Å²) in [5, 5.41) is 21.4. The van der Waals surface area contributed by atoms with Crippen LogP contribution >= 0.6 is 36.9 Å². The number of ether oxygens (including phenoxy) is 1. The molecule has 2 N–H and O–H groups in total. The van der Waals surface area contributed by atoms with Crippen LogP contribution in [0.3, 0.4) is 0 Å². The van der Waals surface area contributed by atoms with Gasteiger partial charge in [-0.25, -0.2) is 4.79 Å². The molecule has 0 bridgehead atoms. The number of aliphatic hydroxyl groups is 1. The van der Waals surface area contributed by atoms with Crippen molar-refractivity contribution in [1.29, 1.82) is 0 Å². The van der Waals surface area contributed by atoms with Gasteiger partial charge in [0, 0.05) is 16.4 Å². The van der Waals surface area contributed by atoms with Crippen LogP contribution in [0, 0.1) is 0 Å². The summed E-state index contributed by atoms with van der Waals surface area (Å²) in [7, 11) is 1.22. The van der Waals surface area contributed by atoms with Gasteiger partial charge in [-0.3, -0.25) is 9.36 Å². The number of aliphatic hydroxyl groups excluding tert-OH is 1. The lowest BCUT2D eigenvalue weighted by molar-refractivity contribution is -0.143. The summed E-state index contributed by atoms with van der Waals surface area (Å²) in [4.78, 5) is 26.5. The Balaban J connectivity index is 1.83. The molecule has 0 aliphatic carbocycles. The van der Waals surface area contributed by atoms with Crippen molar-refractivity contribution in [3.05, 3.63) is 53.6 Å². The normalized spacial score (nSPS) is 11.7. The number of benzene rings is 2. The van der Waals surface area contributed by atoms with Crippen LogP contribution in [0.1, 0.15) is 0 Å². The van der Waals surface area contributed by atoms with Gasteiger partial charge in [0.1, 0.15) is 0 Å². The Kier molecular flexibility index (Phi) is 8.02. The number of aromatic nitrogens is 3. The molecule has 9 nitrogen and oxygen atoms in total. The lowest BCUT2D eigenvalue weighted by Gasteiger charge is -2.30. The molecular formula is C20H20ClN5O4S2. The highest BCUT2D eigenvalue weighted by molar-refractivity contribution is 7.80. The maximum Gasteiger partial charge on any atom is 0.330 e. The highest BCUT2D eigenvalue weighted by Gasteiger charge is 2.28. The van der Waals surface area contributed by atoms with Crippen molar-refractivity contribution < 1.29 is 19.4 Å². The minimum Gasteiger partial charge on any atom is -0.467 e. The average molecular weight is 494 g/mol. The smallest absolute Gasteiger partial charge is 0.330 e. The third-order valence-corrected chi connectivity index (χ3v) is 5.34. The SMILES string of the molecule is COC(=O)C(CO)N(CC(=O)Nc1cccc(-n2c(S)nnc2S)c1)c1ccc(Cl)cc1. The summed E-state index contributed by atoms with van der Waals surface area (Å²) in [5.41, 5.74) is 1.67. The number of carbonyl (C=O) groups is 2. The lowest BCUT2D eigenvalue weighted by Crippen LogP contribution is -2.48. The Hall–Kier alpha value is -2.73. The van der Waals surface area contributed by atoms with Gasteiger partial charge in [0.15, 0.2) is 16.4 Å². The van der Waals surface area contributed by atoms with Gasteiger partial charge >= 0.3 is 5.97 Å². The van der Waals surface area contributed by atoms with Crippen LogP contribution in [-0.4, -0.2) is 58.1 Å². The third kappa shape index (κ3) is 5.54. The monoisotopic (exact) mass is 493 g/mol. The van der Waals surface area contributed by atoms with Gasteiger partial charge in [0.05, 0.1) is 25.9 Å². The van der Waals surface area contributed by atoms with Gasteiger partial charge in [-0.2, -0.15) is 0 Å². The number of methoxy groups -OCH3 is 1. The van der Waals surface area contributed by atoms with Crippen molar-refractivity contribution in [2.75, 3.05) is 30.5 Å². The number of halogens is 1. The zero-order chi connectivity index (χ0) is 23.3. The Labute approximate surface area is 200 Å². The molecule has 1 aromatic heterocycles. The van der Waals surface area contributed by atoms with E-state index in [1.165, 1.54) is 12.0 Å². The minimum atomic E-state index is -1.08. The molecule has 0 aliphatic rings. The summed E-state index contributed by atoms with van der Waals surface area (Å²) < 4.78 is 6.38. The van der Waals surface area contributed by atoms with E-state index in [0.717, 1.165) is 0 Å². The summed E-state index contributed by atoms with van der Waals surface area (Å²) in [6, 6.07) is 12.4. The van der Waals surface area contributed by atoms with Crippen molar-refractivity contribution in [3.63, 3.8) is 0 Å². The molecule has 0 spiro atoms. The molecule has 168 valence electrons. The van der Waals surface area contributed by atoms with Crippen LogP contribution in [0.2, 0.25) is 5.02 Å². The number of amides is 1. The number of hydrogen-bond donors (Lipinski definition) is 4. The molecule has 0 fully saturated rings. The number of carbonyl (C=O) groups excluding carboxylic acids is 2. The first-order valence-electron chi connectivity index (χ1n) is 9.28. The first-order valence-corrected chi connectivity index (χ1v) is 10.6. The Morgan fingerprint density at radius 2 is 1.84 bits per heavy atom. The van der Waals surface area contributed by atoms with Crippen molar-refractivity contribution in [2.24, 2.45) is 0 Å². The van der Waals surface area contributed by atoms with Crippen LogP contribution in [0.4, 0.5) is 11.4 Å². The molecule has 0 radical (unpaired) electrons. The van der Waals surface area contributed by atoms with Crippen LogP contribution in [0.25, 0.3) is 5.69 Å². The minimum absolute atomic E-state index is 0.228. The van der Waals surface area contributed by atoms with Crippen molar-refractivity contribution in [2.45, 2.75) is 16.4 Å². The number of esters is 1. The largest absolute Gasteiger partial charge is 0.467 e. The van der Waals surface area contributed by atoms with Gasteiger partial charge in [-0.15, -0.1) is 35.5 Å². The first kappa shape index (κ1) is 23.9. The predicted molar refractivity (Wildman–Crippen MR) is 126 cm³/mol. The zero-order valence-corrected chi connectivity index (χ0v) is 19.4. The van der Waals surface area contributed by atoms with Gasteiger partial charge < -0.3 is 20.1 Å². The zero-order valence-electron chi connectivity index (χ0n) is 16.8. The molecule has 0 saturated carbocycles. The molecular weight excluding hydrogens is 474 g/mol. The van der Waals surface area contributed by atoms with E-state index in [0.29, 0.717) is 32.4 Å². The van der Waals surface area contributed by atoms with E-state index >= 15 is 0 Å². The van der Waals surface area contributed by atoms with Crippen molar-refractivity contribution >= 4 is 60.1 Å². The summed E-state index contributed by atoms with van der Waals surface area (Å²) in [5.74, 6) is -1.09. The number of hydrogen-bond acceptors (Lipinski definition) is 9. The number of anilines is 2. The number of nitrogens with one attached hydrogen (secondary N) is 1. The second kappa shape index (κ2) is 10.7. The third-order valence-electron chi connectivity index (χ3n) is 4.51. The summed E-state index contributed by atoms with van der Waals surface area (Å²) in [6.45, 7) is -0.768. The van der Waals surface area contributed by atoms with Gasteiger partial charge in [0.25, 0.3) is 0 Å². The maximum atomic E-state index is 12.9. The molecule has 32 heavy (non-hydrogen) atoms. The Morgan fingerprint density at radius 1 is 1.19 bits per heavy atom. The van der Waals surface area contributed by atoms with E-state index in [2.05, 4.69) is 40.8 Å². The van der Waals surface area contributed by atoms with E-state index in [-0.39, 0.29) is 6.54 Å². The molecule has 1 amide bonds. The highest BCUT2D eigenvalue weighted by Crippen LogP contribution is 2.23. The second-order valence-electron chi connectivity index (χ2n) is 6.56. The van der Waals surface area contributed by atoms with Gasteiger partial charge in [-0.1, -0.05) is 17.7 Å². The number of thiol groups is 2. The van der Waals surface area contributed by atoms with E-state index < -0.39 is 24.5 Å². The first-order chi connectivity index (χ1) is 15.3. The quantitative estimate of drug-likeness (QED) is 0.282. The molecule has 1 atom stereocenters. The van der Waals surface area contributed by atoms with Crippen molar-refractivity contribution in [1.82, 2.24) is 14.8 Å². The standard InChI is InChI=1S/C20H20ClN5O4S2/c1-30-18(29)16(11-27)25(14-7-5-12(21)6-8-14)10-17(28)22-13-3-2-4-15(9-13)26-19(31)23-24-20(26)32/h2-9,16,27H,10-11H2,1H3,(H,22,28)(H,23,31)(H,24,32). The maximum absolute atomic E-state index is 12.9. The Morgan fingerprint density at radius 3 is 2.44 bits per heavy atom. The lowest BCUT2D eigenvalue weighted by atomic mass is 10.2. The Bertz CT molecular complexity index is 1090. The summed E-state index contributed by atoms with van der Waals surface area (Å²) in [6.07, 6.45) is 0. The van der Waals surface area contributed by atoms with Crippen LogP contribution in [0.15, 0.2) is 58.8 Å². The molecule has 2 aromatic carbocycles. The van der Waals surface area contributed by atoms with Gasteiger partial charge in [0.2, 0.25) is 5.91 Å². The highest BCUT2D eigenvalue weighted by atomic mass is 35.5. The molecule has 3 rings (SSSR count). The molecule has 1 heterocycles. The molecule has 1 unspecified atom stereocenters. The second-order valence-corrected chi connectivity index (χ2v) is 7.80. The van der Waals surface area contributed by atoms with E-state index in [1.54, 1.807) is 53.1 Å². The fraction of sp³-hybridized carbons (Fsp3) is 0.200. The number of nitrogens with zero attached hydrogens (tertiary/aromatic N) is 4. The van der Waals surface area contributed by atoms with E-state index in [9.17, 15) is 14.7 Å². The average Bonchev–Trinajstić information content (AvgIpc) is 3.12.